The van der Waals surface area contributed by atoms with Gasteiger partial charge in [-0.05, 0) is 30.5 Å². The van der Waals surface area contributed by atoms with Crippen molar-refractivity contribution in [3.05, 3.63) is 65.0 Å². The largest absolute Gasteiger partial charge is 0.383 e. The zero-order chi connectivity index (χ0) is 22.7. The minimum Gasteiger partial charge on any atom is -0.383 e. The molecule has 0 saturated carbocycles. The van der Waals surface area contributed by atoms with Crippen LogP contribution in [0.15, 0.2) is 53.5 Å². The van der Waals surface area contributed by atoms with Gasteiger partial charge in [-0.3, -0.25) is 19.7 Å². The lowest BCUT2D eigenvalue weighted by Crippen LogP contribution is -2.40. The number of aromatic amines is 1. The molecule has 164 valence electrons. The van der Waals surface area contributed by atoms with Crippen LogP contribution in [0.1, 0.15) is 18.5 Å². The summed E-state index contributed by atoms with van der Waals surface area (Å²) in [7, 11) is 0. The molecule has 4 rings (SSSR count). The van der Waals surface area contributed by atoms with Gasteiger partial charge in [0.05, 0.1) is 47.4 Å². The number of allylic oxidation sites excluding steroid dienone is 2. The number of hydrogen-bond acceptors (Lipinski definition) is 6. The maximum absolute atomic E-state index is 13.2. The average Bonchev–Trinajstić information content (AvgIpc) is 3.29. The number of aromatic nitrogens is 4. The molecule has 2 amide bonds. The van der Waals surface area contributed by atoms with Gasteiger partial charge in [-0.15, -0.1) is 0 Å². The quantitative estimate of drug-likeness (QED) is 0.507. The van der Waals surface area contributed by atoms with Gasteiger partial charge in [0.25, 0.3) is 0 Å². The van der Waals surface area contributed by atoms with E-state index < -0.39 is 17.6 Å². The number of amides is 2. The Bertz CT molecular complexity index is 1240. The topological polar surface area (TPSA) is 130 Å². The standard InChI is InChI=1S/C21H19ClFN7O2/c22-16-4-2-1-3-12(16)10-30(11-14-6-5-13(23)7-25-14)21(32)20(31)28-17-9-26-19(24)15-8-27-29-18(15)17/h3-9H,1-2,10-11H2,(H2,24,26)(H,27,29)(H,28,31). The Hall–Kier alpha value is -3.79. The fourth-order valence-corrected chi connectivity index (χ4v) is 3.55. The van der Waals surface area contributed by atoms with Crippen LogP contribution in [0.2, 0.25) is 0 Å². The molecule has 3 aromatic heterocycles. The lowest BCUT2D eigenvalue weighted by atomic mass is 10.1. The Labute approximate surface area is 187 Å². The van der Waals surface area contributed by atoms with E-state index in [2.05, 4.69) is 25.5 Å². The van der Waals surface area contributed by atoms with Crippen molar-refractivity contribution in [2.45, 2.75) is 19.4 Å². The van der Waals surface area contributed by atoms with Gasteiger partial charge < -0.3 is 16.0 Å². The maximum Gasteiger partial charge on any atom is 0.314 e. The van der Waals surface area contributed by atoms with Crippen molar-refractivity contribution in [1.82, 2.24) is 25.1 Å². The molecule has 0 atom stereocenters. The Morgan fingerprint density at radius 1 is 1.16 bits per heavy atom. The normalized spacial score (nSPS) is 13.4. The maximum atomic E-state index is 13.2. The molecular formula is C21H19ClFN7O2. The minimum absolute atomic E-state index is 0.00645. The minimum atomic E-state index is -0.883. The zero-order valence-electron chi connectivity index (χ0n) is 16.8. The van der Waals surface area contributed by atoms with E-state index in [1.54, 1.807) is 0 Å². The number of carbonyl (C=O) groups is 2. The van der Waals surface area contributed by atoms with Crippen LogP contribution in [0.25, 0.3) is 10.9 Å². The van der Waals surface area contributed by atoms with Crippen LogP contribution in [0, 0.1) is 5.82 Å². The third-order valence-electron chi connectivity index (χ3n) is 4.94. The summed E-state index contributed by atoms with van der Waals surface area (Å²) in [5.74, 6) is -1.94. The number of rotatable bonds is 5. The molecule has 3 heterocycles. The van der Waals surface area contributed by atoms with Crippen LogP contribution in [0.4, 0.5) is 15.9 Å². The van der Waals surface area contributed by atoms with E-state index in [-0.39, 0.29) is 24.6 Å². The van der Waals surface area contributed by atoms with E-state index in [1.165, 1.54) is 29.4 Å². The first-order valence-corrected chi connectivity index (χ1v) is 10.1. The van der Waals surface area contributed by atoms with E-state index in [1.807, 2.05) is 12.2 Å². The van der Waals surface area contributed by atoms with E-state index >= 15 is 0 Å². The smallest absolute Gasteiger partial charge is 0.314 e. The van der Waals surface area contributed by atoms with Crippen molar-refractivity contribution >= 4 is 45.8 Å². The fourth-order valence-electron chi connectivity index (χ4n) is 3.30. The molecule has 11 heteroatoms. The molecule has 0 aliphatic heterocycles. The average molecular weight is 456 g/mol. The highest BCUT2D eigenvalue weighted by Crippen LogP contribution is 2.25. The summed E-state index contributed by atoms with van der Waals surface area (Å²) < 4.78 is 13.2. The van der Waals surface area contributed by atoms with Gasteiger partial charge in [0.1, 0.15) is 11.6 Å². The molecule has 1 aliphatic rings. The van der Waals surface area contributed by atoms with E-state index in [0.717, 1.165) is 24.6 Å². The predicted octanol–water partition coefficient (Wildman–Crippen LogP) is 2.88. The summed E-state index contributed by atoms with van der Waals surface area (Å²) >= 11 is 6.29. The van der Waals surface area contributed by atoms with Gasteiger partial charge in [-0.2, -0.15) is 5.10 Å². The van der Waals surface area contributed by atoms with Crippen LogP contribution < -0.4 is 11.1 Å². The fraction of sp³-hybridized carbons (Fsp3) is 0.190. The first-order chi connectivity index (χ1) is 15.4. The highest BCUT2D eigenvalue weighted by Gasteiger charge is 2.25. The Morgan fingerprint density at radius 2 is 1.97 bits per heavy atom. The molecular weight excluding hydrogens is 437 g/mol. The number of nitrogen functional groups attached to an aromatic ring is 1. The number of nitrogens with one attached hydrogen (secondary N) is 2. The van der Waals surface area contributed by atoms with Gasteiger partial charge in [-0.25, -0.2) is 9.37 Å². The third kappa shape index (κ3) is 4.59. The number of pyridine rings is 2. The number of hydrogen-bond donors (Lipinski definition) is 3. The number of fused-ring (bicyclic) bond motifs is 1. The van der Waals surface area contributed by atoms with Crippen molar-refractivity contribution in [1.29, 1.82) is 0 Å². The highest BCUT2D eigenvalue weighted by atomic mass is 35.5. The van der Waals surface area contributed by atoms with E-state index in [0.29, 0.717) is 21.6 Å². The molecule has 0 unspecified atom stereocenters. The molecule has 0 saturated heterocycles. The Balaban J connectivity index is 1.57. The lowest BCUT2D eigenvalue weighted by Gasteiger charge is -2.24. The van der Waals surface area contributed by atoms with E-state index in [9.17, 15) is 14.0 Å². The monoisotopic (exact) mass is 455 g/mol. The molecule has 0 bridgehead atoms. The molecule has 32 heavy (non-hydrogen) atoms. The first-order valence-electron chi connectivity index (χ1n) is 9.75. The number of nitrogens with zero attached hydrogens (tertiary/aromatic N) is 4. The zero-order valence-corrected chi connectivity index (χ0v) is 17.6. The van der Waals surface area contributed by atoms with Crippen LogP contribution in [-0.2, 0) is 16.1 Å². The SMILES string of the molecule is Nc1ncc(NC(=O)C(=O)N(CC2=CCCC=C2Cl)Cc2ccc(F)cn2)c2[nH]ncc12. The van der Waals surface area contributed by atoms with Crippen LogP contribution in [0.5, 0.6) is 0 Å². The number of carbonyl (C=O) groups excluding carboxylic acids is 2. The van der Waals surface area contributed by atoms with E-state index in [4.69, 9.17) is 17.3 Å². The summed E-state index contributed by atoms with van der Waals surface area (Å²) in [6.45, 7) is 0.0909. The number of H-pyrrole nitrogens is 1. The third-order valence-corrected chi connectivity index (χ3v) is 5.33. The summed E-state index contributed by atoms with van der Waals surface area (Å²) in [6, 6.07) is 2.70. The Morgan fingerprint density at radius 3 is 2.72 bits per heavy atom. The second-order valence-electron chi connectivity index (χ2n) is 7.16. The second kappa shape index (κ2) is 9.15. The summed E-state index contributed by atoms with van der Waals surface area (Å²) in [5, 5.41) is 10.2. The van der Waals surface area contributed by atoms with Crippen LogP contribution in [0.3, 0.4) is 0 Å². The summed E-state index contributed by atoms with van der Waals surface area (Å²) in [4.78, 5) is 35.2. The molecule has 0 aromatic carbocycles. The van der Waals surface area contributed by atoms with Gasteiger partial charge in [0.2, 0.25) is 0 Å². The van der Waals surface area contributed by atoms with Crippen molar-refractivity contribution in [3.63, 3.8) is 0 Å². The molecule has 1 aliphatic carbocycles. The van der Waals surface area contributed by atoms with Crippen molar-refractivity contribution in [2.75, 3.05) is 17.6 Å². The second-order valence-corrected chi connectivity index (χ2v) is 7.56. The summed E-state index contributed by atoms with van der Waals surface area (Å²) in [5.41, 5.74) is 7.67. The van der Waals surface area contributed by atoms with Crippen LogP contribution in [-0.4, -0.2) is 43.4 Å². The van der Waals surface area contributed by atoms with Gasteiger partial charge in [-0.1, -0.05) is 23.8 Å². The number of nitrogens with two attached hydrogens (primary N) is 1. The van der Waals surface area contributed by atoms with Crippen molar-refractivity contribution < 1.29 is 14.0 Å². The summed E-state index contributed by atoms with van der Waals surface area (Å²) in [6.07, 6.45) is 9.26. The van der Waals surface area contributed by atoms with Crippen molar-refractivity contribution in [3.8, 4) is 0 Å². The Kier molecular flexibility index (Phi) is 6.13. The van der Waals surface area contributed by atoms with Gasteiger partial charge >= 0.3 is 11.8 Å². The molecule has 9 nitrogen and oxygen atoms in total. The number of anilines is 2. The number of halogens is 2. The van der Waals surface area contributed by atoms with Crippen LogP contribution >= 0.6 is 11.6 Å². The molecule has 4 N–H and O–H groups in total. The van der Waals surface area contributed by atoms with Gasteiger partial charge in [0, 0.05) is 11.6 Å². The molecule has 0 radical (unpaired) electrons. The molecule has 3 aromatic rings. The first kappa shape index (κ1) is 21.4. The molecule has 0 fully saturated rings. The highest BCUT2D eigenvalue weighted by molar-refractivity contribution is 6.40. The van der Waals surface area contributed by atoms with Gasteiger partial charge in [0.15, 0.2) is 0 Å². The van der Waals surface area contributed by atoms with Crippen molar-refractivity contribution in [2.24, 2.45) is 0 Å². The molecule has 0 spiro atoms. The predicted molar refractivity (Wildman–Crippen MR) is 118 cm³/mol. The lowest BCUT2D eigenvalue weighted by molar-refractivity contribution is -0.143.